The highest BCUT2D eigenvalue weighted by Crippen LogP contribution is 2.17. The highest BCUT2D eigenvalue weighted by molar-refractivity contribution is 5.52. The number of hydrogen-bond acceptors (Lipinski definition) is 2. The molecule has 4 nitrogen and oxygen atoms in total. The Morgan fingerprint density at radius 1 is 1.17 bits per heavy atom. The number of quaternary nitrogens is 2. The Balaban J connectivity index is 1.69. The number of nitrogens with one attached hydrogen (secondary N) is 1. The van der Waals surface area contributed by atoms with Crippen LogP contribution in [0.15, 0.2) is 41.0 Å². The van der Waals surface area contributed by atoms with Gasteiger partial charge in [0.05, 0.1) is 0 Å². The van der Waals surface area contributed by atoms with Crippen LogP contribution in [0.25, 0.3) is 11.5 Å². The third kappa shape index (κ3) is 2.60. The van der Waals surface area contributed by atoms with Gasteiger partial charge < -0.3 is 14.6 Å². The van der Waals surface area contributed by atoms with Crippen LogP contribution in [0.4, 0.5) is 0 Å². The van der Waals surface area contributed by atoms with Crippen molar-refractivity contribution in [2.75, 3.05) is 26.2 Å². The molecule has 0 radical (unpaired) electrons. The second-order valence-corrected chi connectivity index (χ2v) is 4.80. The van der Waals surface area contributed by atoms with Gasteiger partial charge in [-0.1, -0.05) is 18.2 Å². The topological polar surface area (TPSA) is 47.1 Å². The smallest absolute Gasteiger partial charge is 0.226 e. The summed E-state index contributed by atoms with van der Waals surface area (Å²) in [7, 11) is 0. The maximum Gasteiger partial charge on any atom is 0.226 e. The molecule has 1 aromatic heterocycles. The zero-order valence-electron chi connectivity index (χ0n) is 10.4. The molecule has 0 bridgehead atoms. The molecule has 4 heteroatoms. The second-order valence-electron chi connectivity index (χ2n) is 4.80. The number of nitrogens with two attached hydrogens (primary N) is 1. The summed E-state index contributed by atoms with van der Waals surface area (Å²) < 4.78 is 5.56. The molecular weight excluding hydrogens is 226 g/mol. The maximum absolute atomic E-state index is 5.56. The van der Waals surface area contributed by atoms with E-state index in [-0.39, 0.29) is 0 Å². The van der Waals surface area contributed by atoms with Gasteiger partial charge in [0.25, 0.3) is 0 Å². The summed E-state index contributed by atoms with van der Waals surface area (Å²) in [6, 6.07) is 10.1. The number of nitrogens with zero attached hydrogens (tertiary/aromatic N) is 1. The molecule has 3 N–H and O–H groups in total. The molecule has 94 valence electrons. The van der Waals surface area contributed by atoms with Crippen molar-refractivity contribution in [2.45, 2.75) is 6.54 Å². The van der Waals surface area contributed by atoms with E-state index in [1.165, 1.54) is 26.2 Å². The third-order valence-corrected chi connectivity index (χ3v) is 3.41. The second kappa shape index (κ2) is 5.33. The van der Waals surface area contributed by atoms with Crippen LogP contribution >= 0.6 is 0 Å². The molecule has 0 atom stereocenters. The van der Waals surface area contributed by atoms with Gasteiger partial charge in [-0.2, -0.15) is 0 Å². The molecule has 1 saturated heterocycles. The number of rotatable bonds is 3. The molecule has 0 saturated carbocycles. The van der Waals surface area contributed by atoms with Crippen LogP contribution in [-0.2, 0) is 6.54 Å². The Morgan fingerprint density at radius 2 is 1.94 bits per heavy atom. The van der Waals surface area contributed by atoms with E-state index < -0.39 is 0 Å². The van der Waals surface area contributed by atoms with Crippen molar-refractivity contribution in [2.24, 2.45) is 0 Å². The fourth-order valence-electron chi connectivity index (χ4n) is 2.42. The van der Waals surface area contributed by atoms with E-state index in [0.717, 1.165) is 23.7 Å². The largest absolute Gasteiger partial charge is 0.444 e. The Hall–Kier alpha value is -1.65. The minimum absolute atomic E-state index is 0.730. The fraction of sp³-hybridized carbons (Fsp3) is 0.357. The van der Waals surface area contributed by atoms with Crippen LogP contribution in [0.5, 0.6) is 0 Å². The fourth-order valence-corrected chi connectivity index (χ4v) is 2.42. The van der Waals surface area contributed by atoms with E-state index in [0.29, 0.717) is 0 Å². The standard InChI is InChI=1S/C14H17N3O/c1-2-4-12(5-3-1)14-16-13(11-18-14)10-17-8-6-15-7-9-17/h1-5,11,15H,6-10H2/p+2. The minimum atomic E-state index is 0.730. The molecule has 0 spiro atoms. The summed E-state index contributed by atoms with van der Waals surface area (Å²) in [4.78, 5) is 6.18. The summed E-state index contributed by atoms with van der Waals surface area (Å²) in [5.41, 5.74) is 2.11. The lowest BCUT2D eigenvalue weighted by atomic mass is 10.2. The van der Waals surface area contributed by atoms with Crippen molar-refractivity contribution in [1.29, 1.82) is 0 Å². The molecule has 1 aliphatic rings. The van der Waals surface area contributed by atoms with E-state index >= 15 is 0 Å². The van der Waals surface area contributed by atoms with Crippen LogP contribution in [0, 0.1) is 0 Å². The normalized spacial score (nSPS) is 16.9. The Labute approximate surface area is 107 Å². The monoisotopic (exact) mass is 245 g/mol. The Bertz CT molecular complexity index is 489. The van der Waals surface area contributed by atoms with Crippen molar-refractivity contribution < 1.29 is 14.6 Å². The molecule has 0 unspecified atom stereocenters. The molecule has 2 aromatic rings. The molecule has 1 aliphatic heterocycles. The molecular formula is C14H19N3O+2. The molecule has 1 aromatic carbocycles. The predicted octanol–water partition coefficient (Wildman–Crippen LogP) is -0.696. The van der Waals surface area contributed by atoms with E-state index in [1.807, 2.05) is 30.3 Å². The van der Waals surface area contributed by atoms with Crippen LogP contribution < -0.4 is 10.2 Å². The molecule has 18 heavy (non-hydrogen) atoms. The average Bonchev–Trinajstić information content (AvgIpc) is 2.89. The van der Waals surface area contributed by atoms with E-state index in [9.17, 15) is 0 Å². The van der Waals surface area contributed by atoms with Crippen molar-refractivity contribution >= 4 is 0 Å². The molecule has 2 heterocycles. The first kappa shape index (κ1) is 11.4. The van der Waals surface area contributed by atoms with E-state index in [2.05, 4.69) is 10.3 Å². The van der Waals surface area contributed by atoms with Gasteiger partial charge in [0.1, 0.15) is 44.7 Å². The molecule has 0 aliphatic carbocycles. The lowest BCUT2D eigenvalue weighted by Gasteiger charge is -2.20. The zero-order valence-corrected chi connectivity index (χ0v) is 10.4. The van der Waals surface area contributed by atoms with Gasteiger partial charge >= 0.3 is 0 Å². The summed E-state index contributed by atoms with van der Waals surface area (Å²) in [6.45, 7) is 5.85. The first-order valence-corrected chi connectivity index (χ1v) is 6.57. The van der Waals surface area contributed by atoms with E-state index in [4.69, 9.17) is 4.42 Å². The Morgan fingerprint density at radius 3 is 2.72 bits per heavy atom. The van der Waals surface area contributed by atoms with Gasteiger partial charge in [-0.15, -0.1) is 0 Å². The lowest BCUT2D eigenvalue weighted by molar-refractivity contribution is -0.958. The summed E-state index contributed by atoms with van der Waals surface area (Å²) in [5, 5.41) is 2.38. The van der Waals surface area contributed by atoms with Gasteiger partial charge in [0, 0.05) is 5.56 Å². The highest BCUT2D eigenvalue weighted by Gasteiger charge is 2.18. The third-order valence-electron chi connectivity index (χ3n) is 3.41. The average molecular weight is 245 g/mol. The number of piperazine rings is 1. The van der Waals surface area contributed by atoms with Crippen LogP contribution in [0.2, 0.25) is 0 Å². The highest BCUT2D eigenvalue weighted by atomic mass is 16.3. The predicted molar refractivity (Wildman–Crippen MR) is 68.0 cm³/mol. The SMILES string of the molecule is c1ccc(-c2nc(C[NH+]3CC[NH2+]CC3)co2)cc1. The summed E-state index contributed by atoms with van der Waals surface area (Å²) >= 11 is 0. The van der Waals surface area contributed by atoms with Gasteiger partial charge in [-0.25, -0.2) is 4.98 Å². The van der Waals surface area contributed by atoms with Crippen molar-refractivity contribution in [3.05, 3.63) is 42.3 Å². The van der Waals surface area contributed by atoms with Crippen molar-refractivity contribution in [1.82, 2.24) is 4.98 Å². The summed E-state index contributed by atoms with van der Waals surface area (Å²) in [5.74, 6) is 0.730. The molecule has 3 rings (SSSR count). The quantitative estimate of drug-likeness (QED) is 0.751. The van der Waals surface area contributed by atoms with Crippen LogP contribution in [0.3, 0.4) is 0 Å². The zero-order chi connectivity index (χ0) is 12.2. The van der Waals surface area contributed by atoms with E-state index in [1.54, 1.807) is 11.2 Å². The first-order chi connectivity index (χ1) is 8.92. The number of aromatic nitrogens is 1. The summed E-state index contributed by atoms with van der Waals surface area (Å²) in [6.07, 6.45) is 1.80. The van der Waals surface area contributed by atoms with Crippen LogP contribution in [-0.4, -0.2) is 31.2 Å². The lowest BCUT2D eigenvalue weighted by Crippen LogP contribution is -3.19. The maximum atomic E-state index is 5.56. The molecule has 0 amide bonds. The number of oxazole rings is 1. The number of hydrogen-bond donors (Lipinski definition) is 2. The number of benzene rings is 1. The van der Waals surface area contributed by atoms with Gasteiger partial charge in [0.2, 0.25) is 5.89 Å². The van der Waals surface area contributed by atoms with Crippen molar-refractivity contribution in [3.8, 4) is 11.5 Å². The Kier molecular flexibility index (Phi) is 3.39. The first-order valence-electron chi connectivity index (χ1n) is 6.57. The van der Waals surface area contributed by atoms with Gasteiger partial charge in [-0.05, 0) is 12.1 Å². The van der Waals surface area contributed by atoms with Gasteiger partial charge in [0.15, 0.2) is 0 Å². The van der Waals surface area contributed by atoms with Crippen LogP contribution in [0.1, 0.15) is 5.69 Å². The van der Waals surface area contributed by atoms with Gasteiger partial charge in [-0.3, -0.25) is 0 Å². The minimum Gasteiger partial charge on any atom is -0.444 e. The molecule has 1 fully saturated rings. The van der Waals surface area contributed by atoms with Crippen molar-refractivity contribution in [3.63, 3.8) is 0 Å².